The van der Waals surface area contributed by atoms with Gasteiger partial charge >= 0.3 is 0 Å². The number of rotatable bonds is 3. The number of aryl methyl sites for hydroxylation is 1. The molecule has 0 aromatic carbocycles. The Kier molecular flexibility index (Phi) is 1.79. The Bertz CT molecular complexity index is 395. The van der Waals surface area contributed by atoms with E-state index in [1.807, 2.05) is 17.9 Å². The standard InChI is InChI=1S/C13H19N3/c1-16-7-8(6-15-16)5-14-13-11-9-2-3-10(4-9)12(11)13/h6-7,9-14H,2-5H2,1H3. The van der Waals surface area contributed by atoms with Gasteiger partial charge in [0.25, 0.3) is 0 Å². The van der Waals surface area contributed by atoms with Crippen molar-refractivity contribution in [3.8, 4) is 0 Å². The predicted octanol–water partition coefficient (Wildman–Crippen LogP) is 1.55. The van der Waals surface area contributed by atoms with Crippen LogP contribution in [0.2, 0.25) is 0 Å². The predicted molar refractivity (Wildman–Crippen MR) is 61.6 cm³/mol. The lowest BCUT2D eigenvalue weighted by Gasteiger charge is -2.09. The number of aromatic nitrogens is 2. The maximum Gasteiger partial charge on any atom is 0.0534 e. The zero-order valence-electron chi connectivity index (χ0n) is 9.76. The van der Waals surface area contributed by atoms with E-state index in [1.54, 1.807) is 6.42 Å². The third kappa shape index (κ3) is 1.21. The first kappa shape index (κ1) is 9.23. The number of hydrogen-bond donors (Lipinski definition) is 1. The van der Waals surface area contributed by atoms with Crippen LogP contribution in [-0.4, -0.2) is 15.8 Å². The summed E-state index contributed by atoms with van der Waals surface area (Å²) in [5.41, 5.74) is 1.32. The normalized spacial score (nSPS) is 43.7. The SMILES string of the molecule is Cn1cc(CNC2C3C4CCC(C4)C23)cn1. The maximum atomic E-state index is 4.21. The molecule has 86 valence electrons. The van der Waals surface area contributed by atoms with Gasteiger partial charge in [-0.2, -0.15) is 5.10 Å². The lowest BCUT2D eigenvalue weighted by atomic mass is 10.0. The average Bonchev–Trinajstić information content (AvgIpc) is 2.70. The molecule has 1 heterocycles. The van der Waals surface area contributed by atoms with Crippen molar-refractivity contribution in [1.82, 2.24) is 15.1 Å². The zero-order valence-corrected chi connectivity index (χ0v) is 9.76. The van der Waals surface area contributed by atoms with E-state index >= 15 is 0 Å². The second kappa shape index (κ2) is 3.10. The number of nitrogens with one attached hydrogen (secondary N) is 1. The largest absolute Gasteiger partial charge is 0.309 e. The molecule has 0 amide bonds. The summed E-state index contributed by atoms with van der Waals surface area (Å²) in [4.78, 5) is 0. The van der Waals surface area contributed by atoms with Crippen LogP contribution in [0.25, 0.3) is 0 Å². The number of nitrogens with zero attached hydrogens (tertiary/aromatic N) is 2. The summed E-state index contributed by atoms with van der Waals surface area (Å²) in [6.07, 6.45) is 8.65. The highest BCUT2D eigenvalue weighted by Gasteiger charge is 2.64. The van der Waals surface area contributed by atoms with Crippen LogP contribution in [-0.2, 0) is 13.6 Å². The molecule has 1 aromatic rings. The maximum absolute atomic E-state index is 4.21. The molecule has 16 heavy (non-hydrogen) atoms. The fourth-order valence-electron chi connectivity index (χ4n) is 4.40. The second-order valence-corrected chi connectivity index (χ2v) is 5.92. The lowest BCUT2D eigenvalue weighted by Crippen LogP contribution is -2.22. The van der Waals surface area contributed by atoms with Gasteiger partial charge in [-0.1, -0.05) is 0 Å². The number of fused-ring (bicyclic) bond motifs is 5. The van der Waals surface area contributed by atoms with E-state index in [0.29, 0.717) is 0 Å². The molecule has 4 atom stereocenters. The molecule has 4 rings (SSSR count). The molecular weight excluding hydrogens is 198 g/mol. The third-order valence-corrected chi connectivity index (χ3v) is 5.04. The van der Waals surface area contributed by atoms with E-state index in [1.165, 1.54) is 18.4 Å². The van der Waals surface area contributed by atoms with Gasteiger partial charge < -0.3 is 5.32 Å². The van der Waals surface area contributed by atoms with Crippen LogP contribution >= 0.6 is 0 Å². The van der Waals surface area contributed by atoms with Gasteiger partial charge in [-0.3, -0.25) is 4.68 Å². The van der Waals surface area contributed by atoms with Gasteiger partial charge in [0.05, 0.1) is 6.20 Å². The van der Waals surface area contributed by atoms with E-state index in [4.69, 9.17) is 0 Å². The van der Waals surface area contributed by atoms with Gasteiger partial charge in [0.2, 0.25) is 0 Å². The van der Waals surface area contributed by atoms with Gasteiger partial charge in [-0.05, 0) is 42.9 Å². The summed E-state index contributed by atoms with van der Waals surface area (Å²) in [6, 6.07) is 0.839. The lowest BCUT2D eigenvalue weighted by molar-refractivity contribution is 0.456. The molecule has 4 unspecified atom stereocenters. The van der Waals surface area contributed by atoms with Crippen molar-refractivity contribution < 1.29 is 0 Å². The Labute approximate surface area is 96.2 Å². The van der Waals surface area contributed by atoms with Gasteiger partial charge in [0.1, 0.15) is 0 Å². The van der Waals surface area contributed by atoms with Crippen molar-refractivity contribution in [3.05, 3.63) is 18.0 Å². The van der Waals surface area contributed by atoms with Crippen LogP contribution in [0.15, 0.2) is 12.4 Å². The Morgan fingerprint density at radius 2 is 2.12 bits per heavy atom. The van der Waals surface area contributed by atoms with Crippen molar-refractivity contribution >= 4 is 0 Å². The van der Waals surface area contributed by atoms with Crippen molar-refractivity contribution in [2.75, 3.05) is 0 Å². The van der Waals surface area contributed by atoms with Crippen LogP contribution in [0.1, 0.15) is 24.8 Å². The first-order valence-electron chi connectivity index (χ1n) is 6.54. The second-order valence-electron chi connectivity index (χ2n) is 5.92. The van der Waals surface area contributed by atoms with E-state index in [0.717, 1.165) is 36.3 Å². The van der Waals surface area contributed by atoms with Gasteiger partial charge in [-0.15, -0.1) is 0 Å². The summed E-state index contributed by atoms with van der Waals surface area (Å²) in [6.45, 7) is 1.00. The summed E-state index contributed by atoms with van der Waals surface area (Å²) < 4.78 is 1.88. The first-order valence-corrected chi connectivity index (χ1v) is 6.54. The molecule has 3 aliphatic rings. The molecule has 0 spiro atoms. The molecule has 0 saturated heterocycles. The fourth-order valence-corrected chi connectivity index (χ4v) is 4.40. The minimum atomic E-state index is 0.839. The quantitative estimate of drug-likeness (QED) is 0.832. The highest BCUT2D eigenvalue weighted by atomic mass is 15.2. The minimum Gasteiger partial charge on any atom is -0.309 e. The van der Waals surface area contributed by atoms with Crippen molar-refractivity contribution in [1.29, 1.82) is 0 Å². The molecular formula is C13H19N3. The summed E-state index contributed by atoms with van der Waals surface area (Å²) in [5, 5.41) is 7.94. The molecule has 0 aliphatic heterocycles. The van der Waals surface area contributed by atoms with Crippen LogP contribution in [0, 0.1) is 23.7 Å². The monoisotopic (exact) mass is 217 g/mol. The van der Waals surface area contributed by atoms with Gasteiger partial charge in [0.15, 0.2) is 0 Å². The minimum absolute atomic E-state index is 0.839. The molecule has 3 saturated carbocycles. The zero-order chi connectivity index (χ0) is 10.7. The highest BCUT2D eigenvalue weighted by Crippen LogP contribution is 2.65. The molecule has 0 radical (unpaired) electrons. The van der Waals surface area contributed by atoms with Crippen LogP contribution in [0.5, 0.6) is 0 Å². The smallest absolute Gasteiger partial charge is 0.0534 e. The molecule has 2 bridgehead atoms. The van der Waals surface area contributed by atoms with Crippen LogP contribution in [0.3, 0.4) is 0 Å². The fraction of sp³-hybridized carbons (Fsp3) is 0.769. The molecule has 3 nitrogen and oxygen atoms in total. The Balaban J connectivity index is 1.37. The Morgan fingerprint density at radius 1 is 1.38 bits per heavy atom. The van der Waals surface area contributed by atoms with Crippen molar-refractivity contribution in [2.45, 2.75) is 31.8 Å². The molecule has 3 aliphatic carbocycles. The van der Waals surface area contributed by atoms with E-state index in [9.17, 15) is 0 Å². The molecule has 1 aromatic heterocycles. The van der Waals surface area contributed by atoms with Crippen molar-refractivity contribution in [3.63, 3.8) is 0 Å². The van der Waals surface area contributed by atoms with Gasteiger partial charge in [0, 0.05) is 31.4 Å². The molecule has 1 N–H and O–H groups in total. The van der Waals surface area contributed by atoms with E-state index in [-0.39, 0.29) is 0 Å². The number of hydrogen-bond acceptors (Lipinski definition) is 2. The molecule has 3 fully saturated rings. The summed E-state index contributed by atoms with van der Waals surface area (Å²) in [5.74, 6) is 4.22. The van der Waals surface area contributed by atoms with Crippen LogP contribution < -0.4 is 5.32 Å². The Morgan fingerprint density at radius 3 is 2.75 bits per heavy atom. The van der Waals surface area contributed by atoms with Crippen molar-refractivity contribution in [2.24, 2.45) is 30.7 Å². The van der Waals surface area contributed by atoms with Crippen LogP contribution in [0.4, 0.5) is 0 Å². The first-order chi connectivity index (χ1) is 7.83. The molecule has 3 heteroatoms. The summed E-state index contributed by atoms with van der Waals surface area (Å²) in [7, 11) is 1.98. The summed E-state index contributed by atoms with van der Waals surface area (Å²) >= 11 is 0. The third-order valence-electron chi connectivity index (χ3n) is 5.04. The topological polar surface area (TPSA) is 29.9 Å². The average molecular weight is 217 g/mol. The van der Waals surface area contributed by atoms with E-state index < -0.39 is 0 Å². The highest BCUT2D eigenvalue weighted by molar-refractivity contribution is 5.17. The van der Waals surface area contributed by atoms with Gasteiger partial charge in [-0.25, -0.2) is 0 Å². The van der Waals surface area contributed by atoms with E-state index in [2.05, 4.69) is 16.6 Å². The Hall–Kier alpha value is -0.830.